The Balaban J connectivity index is 1.78. The number of rotatable bonds is 2. The molecule has 0 aromatic carbocycles. The van der Waals surface area contributed by atoms with Gasteiger partial charge in [-0.15, -0.1) is 0 Å². The average Bonchev–Trinajstić information content (AvgIpc) is 2.81. The number of anilines is 1. The van der Waals surface area contributed by atoms with Gasteiger partial charge in [-0.05, 0) is 37.8 Å². The molecule has 0 unspecified atom stereocenters. The van der Waals surface area contributed by atoms with Gasteiger partial charge in [-0.1, -0.05) is 6.07 Å². The normalized spacial score (nSPS) is 25.0. The first-order valence-electron chi connectivity index (χ1n) is 6.19. The molecular weight excluding hydrogens is 214 g/mol. The summed E-state index contributed by atoms with van der Waals surface area (Å²) >= 11 is 0. The summed E-state index contributed by atoms with van der Waals surface area (Å²) in [5, 5.41) is 13.0. The highest BCUT2D eigenvalue weighted by Crippen LogP contribution is 2.22. The topological polar surface area (TPSA) is 49.6 Å². The van der Waals surface area contributed by atoms with Crippen molar-refractivity contribution in [3.63, 3.8) is 0 Å². The highest BCUT2D eigenvalue weighted by Gasteiger charge is 2.19. The number of fused-ring (bicyclic) bond motifs is 1. The van der Waals surface area contributed by atoms with E-state index in [1.807, 2.05) is 24.5 Å². The molecule has 0 radical (unpaired) electrons. The lowest BCUT2D eigenvalue weighted by molar-refractivity contribution is 0.126. The summed E-state index contributed by atoms with van der Waals surface area (Å²) in [4.78, 5) is 4.27. The smallest absolute Gasteiger partial charge is 0.138 e. The highest BCUT2D eigenvalue weighted by atomic mass is 16.3. The van der Waals surface area contributed by atoms with E-state index in [1.165, 1.54) is 0 Å². The first kappa shape index (κ1) is 10.6. The number of aromatic nitrogens is 2. The fourth-order valence-electron chi connectivity index (χ4n) is 2.49. The lowest BCUT2D eigenvalue weighted by Gasteiger charge is -2.27. The first-order chi connectivity index (χ1) is 8.33. The molecule has 2 aromatic rings. The quantitative estimate of drug-likeness (QED) is 0.831. The van der Waals surface area contributed by atoms with Gasteiger partial charge in [-0.25, -0.2) is 4.98 Å². The number of hydrogen-bond donors (Lipinski definition) is 2. The van der Waals surface area contributed by atoms with E-state index >= 15 is 0 Å². The molecule has 2 aromatic heterocycles. The Morgan fingerprint density at radius 1 is 1.24 bits per heavy atom. The van der Waals surface area contributed by atoms with Crippen LogP contribution in [0.2, 0.25) is 0 Å². The number of nitrogens with zero attached hydrogens (tertiary/aromatic N) is 2. The van der Waals surface area contributed by atoms with Crippen LogP contribution in [0.3, 0.4) is 0 Å². The average molecular weight is 231 g/mol. The number of aliphatic hydroxyl groups excluding tert-OH is 1. The molecule has 2 N–H and O–H groups in total. The minimum atomic E-state index is -0.0999. The second-order valence-corrected chi connectivity index (χ2v) is 4.72. The highest BCUT2D eigenvalue weighted by molar-refractivity contribution is 5.50. The molecule has 1 aliphatic carbocycles. The van der Waals surface area contributed by atoms with Crippen molar-refractivity contribution in [3.8, 4) is 0 Å². The van der Waals surface area contributed by atoms with Crippen molar-refractivity contribution in [1.29, 1.82) is 0 Å². The Bertz CT molecular complexity index is 500. The lowest BCUT2D eigenvalue weighted by atomic mass is 9.93. The van der Waals surface area contributed by atoms with Crippen molar-refractivity contribution in [2.75, 3.05) is 5.32 Å². The maximum Gasteiger partial charge on any atom is 0.138 e. The van der Waals surface area contributed by atoms with Gasteiger partial charge in [0, 0.05) is 18.4 Å². The maximum atomic E-state index is 9.49. The van der Waals surface area contributed by atoms with Crippen molar-refractivity contribution in [3.05, 3.63) is 30.6 Å². The van der Waals surface area contributed by atoms with Gasteiger partial charge >= 0.3 is 0 Å². The molecule has 3 rings (SSSR count). The van der Waals surface area contributed by atoms with Crippen LogP contribution in [0.4, 0.5) is 5.82 Å². The summed E-state index contributed by atoms with van der Waals surface area (Å²) < 4.78 is 2.06. The Labute approximate surface area is 100 Å². The van der Waals surface area contributed by atoms with E-state index in [4.69, 9.17) is 0 Å². The molecule has 0 saturated heterocycles. The molecule has 1 aliphatic rings. The summed E-state index contributed by atoms with van der Waals surface area (Å²) in [6.07, 6.45) is 7.55. The summed E-state index contributed by atoms with van der Waals surface area (Å²) in [5.41, 5.74) is 0.964. The SMILES string of the molecule is OC1CCC(Nc2cccc3nccn23)CC1. The fourth-order valence-corrected chi connectivity index (χ4v) is 2.49. The molecule has 0 atom stereocenters. The first-order valence-corrected chi connectivity index (χ1v) is 6.19. The molecule has 0 spiro atoms. The van der Waals surface area contributed by atoms with Crippen molar-refractivity contribution < 1.29 is 5.11 Å². The molecule has 4 heteroatoms. The van der Waals surface area contributed by atoms with Crippen LogP contribution in [0.25, 0.3) is 5.65 Å². The zero-order valence-corrected chi connectivity index (χ0v) is 9.71. The number of hydrogen-bond acceptors (Lipinski definition) is 3. The molecule has 0 aliphatic heterocycles. The van der Waals surface area contributed by atoms with Gasteiger partial charge < -0.3 is 10.4 Å². The van der Waals surface area contributed by atoms with Gasteiger partial charge in [-0.2, -0.15) is 0 Å². The summed E-state index contributed by atoms with van der Waals surface area (Å²) in [6, 6.07) is 6.55. The van der Waals surface area contributed by atoms with Gasteiger partial charge in [0.25, 0.3) is 0 Å². The minimum absolute atomic E-state index is 0.0999. The predicted molar refractivity (Wildman–Crippen MR) is 67.1 cm³/mol. The van der Waals surface area contributed by atoms with Gasteiger partial charge in [0.1, 0.15) is 11.5 Å². The summed E-state index contributed by atoms with van der Waals surface area (Å²) in [7, 11) is 0. The van der Waals surface area contributed by atoms with E-state index in [-0.39, 0.29) is 6.10 Å². The third-order valence-corrected chi connectivity index (χ3v) is 3.48. The van der Waals surface area contributed by atoms with Gasteiger partial charge in [0.2, 0.25) is 0 Å². The van der Waals surface area contributed by atoms with Crippen LogP contribution in [0.5, 0.6) is 0 Å². The largest absolute Gasteiger partial charge is 0.393 e. The van der Waals surface area contributed by atoms with Crippen molar-refractivity contribution in [2.45, 2.75) is 37.8 Å². The molecule has 1 fully saturated rings. The van der Waals surface area contributed by atoms with Crippen molar-refractivity contribution >= 4 is 11.5 Å². The zero-order valence-electron chi connectivity index (χ0n) is 9.71. The molecule has 17 heavy (non-hydrogen) atoms. The van der Waals surface area contributed by atoms with Gasteiger partial charge in [-0.3, -0.25) is 4.40 Å². The Kier molecular flexibility index (Phi) is 2.73. The van der Waals surface area contributed by atoms with Crippen LogP contribution < -0.4 is 5.32 Å². The molecule has 0 bridgehead atoms. The van der Waals surface area contributed by atoms with Crippen molar-refractivity contribution in [1.82, 2.24) is 9.38 Å². The number of imidazole rings is 1. The van der Waals surface area contributed by atoms with Crippen LogP contribution in [0, 0.1) is 0 Å². The molecule has 1 saturated carbocycles. The van der Waals surface area contributed by atoms with Gasteiger partial charge in [0.05, 0.1) is 6.10 Å². The van der Waals surface area contributed by atoms with E-state index in [0.29, 0.717) is 6.04 Å². The lowest BCUT2D eigenvalue weighted by Crippen LogP contribution is -2.28. The Hall–Kier alpha value is -1.55. The van der Waals surface area contributed by atoms with E-state index < -0.39 is 0 Å². The third kappa shape index (κ3) is 2.13. The number of nitrogens with one attached hydrogen (secondary N) is 1. The number of pyridine rings is 1. The second-order valence-electron chi connectivity index (χ2n) is 4.72. The van der Waals surface area contributed by atoms with E-state index in [1.54, 1.807) is 0 Å². The second kappa shape index (κ2) is 4.37. The third-order valence-electron chi connectivity index (χ3n) is 3.48. The molecular formula is C13H17N3O. The summed E-state index contributed by atoms with van der Waals surface area (Å²) in [5.74, 6) is 1.08. The van der Waals surface area contributed by atoms with Gasteiger partial charge in [0.15, 0.2) is 0 Å². The standard InChI is InChI=1S/C13H17N3O/c17-11-6-4-10(5-7-11)15-13-3-1-2-12-14-8-9-16(12)13/h1-3,8-11,15,17H,4-7H2. The molecule has 90 valence electrons. The molecule has 2 heterocycles. The zero-order chi connectivity index (χ0) is 11.7. The Morgan fingerprint density at radius 3 is 2.88 bits per heavy atom. The predicted octanol–water partition coefficient (Wildman–Crippen LogP) is 2.05. The summed E-state index contributed by atoms with van der Waals surface area (Å²) in [6.45, 7) is 0. The van der Waals surface area contributed by atoms with Crippen molar-refractivity contribution in [2.24, 2.45) is 0 Å². The van der Waals surface area contributed by atoms with E-state index in [2.05, 4.69) is 20.8 Å². The van der Waals surface area contributed by atoms with E-state index in [0.717, 1.165) is 37.1 Å². The monoisotopic (exact) mass is 231 g/mol. The molecule has 0 amide bonds. The van der Waals surface area contributed by atoms with Crippen LogP contribution in [-0.2, 0) is 0 Å². The van der Waals surface area contributed by atoms with Crippen LogP contribution >= 0.6 is 0 Å². The van der Waals surface area contributed by atoms with Crippen LogP contribution in [0.1, 0.15) is 25.7 Å². The minimum Gasteiger partial charge on any atom is -0.393 e. The number of aliphatic hydroxyl groups is 1. The maximum absolute atomic E-state index is 9.49. The Morgan fingerprint density at radius 2 is 2.06 bits per heavy atom. The molecule has 4 nitrogen and oxygen atoms in total. The van der Waals surface area contributed by atoms with E-state index in [9.17, 15) is 5.11 Å². The fraction of sp³-hybridized carbons (Fsp3) is 0.462. The van der Waals surface area contributed by atoms with Crippen LogP contribution in [0.15, 0.2) is 30.6 Å². The van der Waals surface area contributed by atoms with Crippen LogP contribution in [-0.4, -0.2) is 26.6 Å².